The van der Waals surface area contributed by atoms with E-state index in [-0.39, 0.29) is 11.9 Å². The minimum absolute atomic E-state index is 0.0588. The van der Waals surface area contributed by atoms with E-state index in [0.29, 0.717) is 36.1 Å². The van der Waals surface area contributed by atoms with Crippen LogP contribution in [0.2, 0.25) is 5.02 Å². The SMILES string of the molecule is COC(=O)CCSc1ccnc(N2CC(C#N)C2)c1Cl. The molecule has 20 heavy (non-hydrogen) atoms. The van der Waals surface area contributed by atoms with Crippen LogP contribution in [-0.4, -0.2) is 36.9 Å². The molecule has 1 aliphatic rings. The molecular formula is C13H14ClN3O2S. The maximum Gasteiger partial charge on any atom is 0.306 e. The maximum absolute atomic E-state index is 11.1. The van der Waals surface area contributed by atoms with E-state index in [4.69, 9.17) is 16.9 Å². The van der Waals surface area contributed by atoms with Crippen LogP contribution in [0.4, 0.5) is 5.82 Å². The minimum Gasteiger partial charge on any atom is -0.469 e. The van der Waals surface area contributed by atoms with Crippen LogP contribution >= 0.6 is 23.4 Å². The Balaban J connectivity index is 1.97. The maximum atomic E-state index is 11.1. The first-order chi connectivity index (χ1) is 9.65. The largest absolute Gasteiger partial charge is 0.469 e. The Hall–Kier alpha value is -1.45. The van der Waals surface area contributed by atoms with Gasteiger partial charge in [-0.1, -0.05) is 11.6 Å². The molecule has 1 saturated heterocycles. The number of carbonyl (C=O) groups is 1. The molecule has 1 aromatic heterocycles. The zero-order chi connectivity index (χ0) is 14.5. The van der Waals surface area contributed by atoms with Crippen LogP contribution in [0.25, 0.3) is 0 Å². The van der Waals surface area contributed by atoms with Crippen LogP contribution in [0, 0.1) is 17.2 Å². The smallest absolute Gasteiger partial charge is 0.306 e. The molecule has 0 saturated carbocycles. The summed E-state index contributed by atoms with van der Waals surface area (Å²) in [5.74, 6) is 1.14. The quantitative estimate of drug-likeness (QED) is 0.614. The predicted molar refractivity (Wildman–Crippen MR) is 77.9 cm³/mol. The van der Waals surface area contributed by atoms with Crippen LogP contribution in [0.3, 0.4) is 0 Å². The Bertz CT molecular complexity index is 541. The summed E-state index contributed by atoms with van der Waals surface area (Å²) >= 11 is 7.83. The summed E-state index contributed by atoms with van der Waals surface area (Å²) in [6, 6.07) is 4.05. The summed E-state index contributed by atoms with van der Waals surface area (Å²) in [7, 11) is 1.38. The van der Waals surface area contributed by atoms with Crippen LogP contribution in [0.5, 0.6) is 0 Å². The standard InChI is InChI=1S/C13H14ClN3O2S/c1-19-11(18)3-5-20-10-2-4-16-13(12(10)14)17-7-9(6-15)8-17/h2,4,9H,3,5,7-8H2,1H3. The molecule has 2 heterocycles. The minimum atomic E-state index is -0.234. The predicted octanol–water partition coefficient (Wildman–Crippen LogP) is 2.35. The van der Waals surface area contributed by atoms with Gasteiger partial charge in [-0.2, -0.15) is 5.26 Å². The molecule has 0 aliphatic carbocycles. The molecule has 0 bridgehead atoms. The third-order valence-electron chi connectivity index (χ3n) is 2.99. The fourth-order valence-corrected chi connectivity index (χ4v) is 3.09. The highest BCUT2D eigenvalue weighted by atomic mass is 35.5. The molecule has 1 fully saturated rings. The summed E-state index contributed by atoms with van der Waals surface area (Å²) in [5, 5.41) is 9.37. The van der Waals surface area contributed by atoms with Gasteiger partial charge in [0.05, 0.1) is 30.5 Å². The molecule has 0 unspecified atom stereocenters. The first-order valence-corrected chi connectivity index (χ1v) is 7.50. The number of thioether (sulfide) groups is 1. The van der Waals surface area contributed by atoms with E-state index in [0.717, 1.165) is 4.90 Å². The Morgan fingerprint density at radius 3 is 3.10 bits per heavy atom. The third kappa shape index (κ3) is 3.35. The van der Waals surface area contributed by atoms with Crippen LogP contribution in [0.1, 0.15) is 6.42 Å². The summed E-state index contributed by atoms with van der Waals surface area (Å²) in [6.45, 7) is 1.33. The molecule has 5 nitrogen and oxygen atoms in total. The molecule has 0 amide bonds. The van der Waals surface area contributed by atoms with Crippen molar-refractivity contribution in [3.63, 3.8) is 0 Å². The first kappa shape index (κ1) is 14.9. The van der Waals surface area contributed by atoms with Gasteiger partial charge in [-0.25, -0.2) is 4.98 Å². The number of carbonyl (C=O) groups excluding carboxylic acids is 1. The van der Waals surface area contributed by atoms with E-state index >= 15 is 0 Å². The number of ether oxygens (including phenoxy) is 1. The van der Waals surface area contributed by atoms with E-state index in [1.54, 1.807) is 6.20 Å². The Labute approximate surface area is 126 Å². The zero-order valence-corrected chi connectivity index (χ0v) is 12.6. The molecule has 0 N–H and O–H groups in total. The monoisotopic (exact) mass is 311 g/mol. The molecule has 0 radical (unpaired) electrons. The van der Waals surface area contributed by atoms with Gasteiger partial charge < -0.3 is 9.64 Å². The fraction of sp³-hybridized carbons (Fsp3) is 0.462. The molecule has 7 heteroatoms. The number of hydrogen-bond acceptors (Lipinski definition) is 6. The summed E-state index contributed by atoms with van der Waals surface area (Å²) in [5.41, 5.74) is 0. The Morgan fingerprint density at radius 1 is 1.70 bits per heavy atom. The van der Waals surface area contributed by atoms with Gasteiger partial charge in [0.25, 0.3) is 0 Å². The van der Waals surface area contributed by atoms with Gasteiger partial charge in [0.2, 0.25) is 0 Å². The van der Waals surface area contributed by atoms with Crippen molar-refractivity contribution < 1.29 is 9.53 Å². The van der Waals surface area contributed by atoms with Crippen molar-refractivity contribution in [2.75, 3.05) is 30.9 Å². The van der Waals surface area contributed by atoms with Crippen molar-refractivity contribution in [3.8, 4) is 6.07 Å². The average molecular weight is 312 g/mol. The van der Waals surface area contributed by atoms with E-state index in [1.165, 1.54) is 18.9 Å². The number of anilines is 1. The van der Waals surface area contributed by atoms with Crippen molar-refractivity contribution in [2.24, 2.45) is 5.92 Å². The van der Waals surface area contributed by atoms with Crippen molar-refractivity contribution in [1.29, 1.82) is 5.26 Å². The number of methoxy groups -OCH3 is 1. The van der Waals surface area contributed by atoms with E-state index < -0.39 is 0 Å². The van der Waals surface area contributed by atoms with Crippen molar-refractivity contribution in [3.05, 3.63) is 17.3 Å². The Morgan fingerprint density at radius 2 is 2.45 bits per heavy atom. The highest BCUT2D eigenvalue weighted by Gasteiger charge is 2.29. The molecule has 2 rings (SSSR count). The lowest BCUT2D eigenvalue weighted by Crippen LogP contribution is -2.46. The van der Waals surface area contributed by atoms with Gasteiger partial charge in [0.1, 0.15) is 5.82 Å². The number of aromatic nitrogens is 1. The Kier molecular flexibility index (Phi) is 5.10. The van der Waals surface area contributed by atoms with Gasteiger partial charge in [-0.15, -0.1) is 11.8 Å². The second-order valence-electron chi connectivity index (χ2n) is 4.35. The number of nitrogens with zero attached hydrogens (tertiary/aromatic N) is 3. The van der Waals surface area contributed by atoms with Crippen molar-refractivity contribution in [2.45, 2.75) is 11.3 Å². The number of pyridine rings is 1. The second kappa shape index (κ2) is 6.82. The highest BCUT2D eigenvalue weighted by Crippen LogP contribution is 2.36. The lowest BCUT2D eigenvalue weighted by atomic mass is 10.0. The van der Waals surface area contributed by atoms with Crippen LogP contribution in [0.15, 0.2) is 17.2 Å². The lowest BCUT2D eigenvalue weighted by Gasteiger charge is -2.36. The molecule has 0 aromatic carbocycles. The van der Waals surface area contributed by atoms with Gasteiger partial charge in [-0.3, -0.25) is 4.79 Å². The first-order valence-electron chi connectivity index (χ1n) is 6.14. The normalized spacial score (nSPS) is 14.6. The lowest BCUT2D eigenvalue weighted by molar-refractivity contribution is -0.140. The van der Waals surface area contributed by atoms with Gasteiger partial charge in [-0.05, 0) is 6.07 Å². The van der Waals surface area contributed by atoms with E-state index in [1.807, 2.05) is 11.0 Å². The third-order valence-corrected chi connectivity index (χ3v) is 4.53. The topological polar surface area (TPSA) is 66.2 Å². The fourth-order valence-electron chi connectivity index (χ4n) is 1.83. The molecule has 1 aliphatic heterocycles. The van der Waals surface area contributed by atoms with Crippen LogP contribution in [-0.2, 0) is 9.53 Å². The number of halogens is 1. The molecule has 106 valence electrons. The van der Waals surface area contributed by atoms with Gasteiger partial charge in [0.15, 0.2) is 0 Å². The van der Waals surface area contributed by atoms with Crippen molar-refractivity contribution >= 4 is 35.1 Å². The average Bonchev–Trinajstić information content (AvgIpc) is 2.41. The zero-order valence-electron chi connectivity index (χ0n) is 11.0. The number of hydrogen-bond donors (Lipinski definition) is 0. The van der Waals surface area contributed by atoms with E-state index in [2.05, 4.69) is 15.8 Å². The number of rotatable bonds is 5. The summed E-state index contributed by atoms with van der Waals surface area (Å²) in [6.07, 6.45) is 2.04. The second-order valence-corrected chi connectivity index (χ2v) is 5.87. The van der Waals surface area contributed by atoms with E-state index in [9.17, 15) is 4.79 Å². The molecule has 0 spiro atoms. The molecular weight excluding hydrogens is 298 g/mol. The number of nitriles is 1. The van der Waals surface area contributed by atoms with Gasteiger partial charge >= 0.3 is 5.97 Å². The molecule has 0 atom stereocenters. The highest BCUT2D eigenvalue weighted by molar-refractivity contribution is 7.99. The summed E-state index contributed by atoms with van der Waals surface area (Å²) in [4.78, 5) is 18.2. The van der Waals surface area contributed by atoms with Crippen LogP contribution < -0.4 is 4.90 Å². The van der Waals surface area contributed by atoms with Gasteiger partial charge in [0, 0.05) is 29.9 Å². The number of esters is 1. The molecule has 1 aromatic rings. The summed E-state index contributed by atoms with van der Waals surface area (Å²) < 4.78 is 4.59. The van der Waals surface area contributed by atoms with Crippen molar-refractivity contribution in [1.82, 2.24) is 4.98 Å².